The van der Waals surface area contributed by atoms with Crippen LogP contribution in [0.3, 0.4) is 0 Å². The zero-order valence-corrected chi connectivity index (χ0v) is 8.85. The van der Waals surface area contributed by atoms with Crippen LogP contribution in [0.1, 0.15) is 5.56 Å². The lowest BCUT2D eigenvalue weighted by atomic mass is 10.1. The number of carbonyl (C=O) groups is 1. The fraction of sp³-hybridized carbons (Fsp3) is 0.222. The molecule has 0 aromatic heterocycles. The molecular weight excluding hydrogens is 236 g/mol. The summed E-state index contributed by atoms with van der Waals surface area (Å²) in [6.07, 6.45) is 0.0339. The summed E-state index contributed by atoms with van der Waals surface area (Å²) in [5.74, 6) is -1.14. The van der Waals surface area contributed by atoms with Crippen LogP contribution in [0.15, 0.2) is 18.2 Å². The maximum atomic E-state index is 10.5. The Bertz CT molecular complexity index is 436. The van der Waals surface area contributed by atoms with Crippen molar-refractivity contribution >= 4 is 23.3 Å². The van der Waals surface area contributed by atoms with E-state index in [1.165, 1.54) is 18.2 Å². The summed E-state index contributed by atoms with van der Waals surface area (Å²) >= 11 is 5.77. The van der Waals surface area contributed by atoms with Crippen molar-refractivity contribution in [1.82, 2.24) is 0 Å². The monoisotopic (exact) mass is 244 g/mol. The predicted octanol–water partition coefficient (Wildman–Crippen LogP) is 1.20. The van der Waals surface area contributed by atoms with Crippen molar-refractivity contribution in [1.29, 1.82) is 0 Å². The molecule has 0 heterocycles. The molecule has 6 nitrogen and oxygen atoms in total. The number of nitro benzene ring substituents is 1. The molecular formula is C9H9ClN2O4. The van der Waals surface area contributed by atoms with Crippen LogP contribution in [-0.2, 0) is 11.2 Å². The molecule has 0 aliphatic heterocycles. The van der Waals surface area contributed by atoms with Gasteiger partial charge in [-0.1, -0.05) is 17.7 Å². The Kier molecular flexibility index (Phi) is 3.81. The van der Waals surface area contributed by atoms with Gasteiger partial charge in [0.2, 0.25) is 0 Å². The lowest BCUT2D eigenvalue weighted by Crippen LogP contribution is -2.32. The Morgan fingerprint density at radius 3 is 2.69 bits per heavy atom. The molecule has 0 aliphatic carbocycles. The number of benzene rings is 1. The molecule has 0 spiro atoms. The van der Waals surface area contributed by atoms with Crippen LogP contribution >= 0.6 is 11.6 Å². The first-order valence-electron chi connectivity index (χ1n) is 4.33. The summed E-state index contributed by atoms with van der Waals surface area (Å²) in [6.45, 7) is 0. The third kappa shape index (κ3) is 2.91. The topological polar surface area (TPSA) is 106 Å². The Labute approximate surface area is 95.8 Å². The molecule has 0 amide bonds. The highest BCUT2D eigenvalue weighted by atomic mass is 35.5. The number of halogens is 1. The van der Waals surface area contributed by atoms with E-state index in [2.05, 4.69) is 0 Å². The van der Waals surface area contributed by atoms with Gasteiger partial charge in [0.15, 0.2) is 0 Å². The highest BCUT2D eigenvalue weighted by Crippen LogP contribution is 2.23. The van der Waals surface area contributed by atoms with Gasteiger partial charge in [-0.15, -0.1) is 0 Å². The maximum Gasteiger partial charge on any atom is 0.320 e. The Hall–Kier alpha value is -1.66. The summed E-state index contributed by atoms with van der Waals surface area (Å²) in [7, 11) is 0. The van der Waals surface area contributed by atoms with Crippen LogP contribution in [0.25, 0.3) is 0 Å². The molecule has 86 valence electrons. The van der Waals surface area contributed by atoms with Gasteiger partial charge >= 0.3 is 5.97 Å². The van der Waals surface area contributed by atoms with Gasteiger partial charge in [-0.05, 0) is 12.0 Å². The molecule has 1 aromatic rings. The third-order valence-corrected chi connectivity index (χ3v) is 2.36. The lowest BCUT2D eigenvalue weighted by Gasteiger charge is -2.07. The molecule has 3 N–H and O–H groups in total. The van der Waals surface area contributed by atoms with E-state index in [1.807, 2.05) is 0 Å². The van der Waals surface area contributed by atoms with Crippen LogP contribution in [0.5, 0.6) is 0 Å². The fourth-order valence-electron chi connectivity index (χ4n) is 1.14. The third-order valence-electron chi connectivity index (χ3n) is 2.00. The van der Waals surface area contributed by atoms with Gasteiger partial charge in [-0.25, -0.2) is 0 Å². The van der Waals surface area contributed by atoms with Gasteiger partial charge in [0.05, 0.1) is 9.95 Å². The van der Waals surface area contributed by atoms with E-state index in [4.69, 9.17) is 22.4 Å². The average Bonchev–Trinajstić information content (AvgIpc) is 2.20. The molecule has 0 radical (unpaired) electrons. The molecule has 0 bridgehead atoms. The second-order valence-corrected chi connectivity index (χ2v) is 3.59. The van der Waals surface area contributed by atoms with Crippen LogP contribution in [-0.4, -0.2) is 22.0 Å². The largest absolute Gasteiger partial charge is 0.480 e. The zero-order chi connectivity index (χ0) is 12.3. The maximum absolute atomic E-state index is 10.5. The first-order chi connectivity index (χ1) is 7.41. The van der Waals surface area contributed by atoms with Crippen LogP contribution < -0.4 is 5.73 Å². The SMILES string of the molecule is NC(Cc1ccc([N+](=O)[O-])cc1Cl)C(=O)O. The van der Waals surface area contributed by atoms with Crippen molar-refractivity contribution in [3.05, 3.63) is 38.9 Å². The number of aliphatic carboxylic acids is 1. The second kappa shape index (κ2) is 4.91. The number of non-ortho nitro benzene ring substituents is 1. The number of hydrogen-bond acceptors (Lipinski definition) is 4. The van der Waals surface area contributed by atoms with Crippen molar-refractivity contribution in [3.8, 4) is 0 Å². The van der Waals surface area contributed by atoms with Crippen molar-refractivity contribution in [3.63, 3.8) is 0 Å². The molecule has 7 heteroatoms. The minimum absolute atomic E-state index is 0.0339. The smallest absolute Gasteiger partial charge is 0.320 e. The van der Waals surface area contributed by atoms with E-state index >= 15 is 0 Å². The van der Waals surface area contributed by atoms with E-state index in [0.717, 1.165) is 0 Å². The van der Waals surface area contributed by atoms with Crippen LogP contribution in [0.4, 0.5) is 5.69 Å². The second-order valence-electron chi connectivity index (χ2n) is 3.18. The molecule has 16 heavy (non-hydrogen) atoms. The number of carboxylic acids is 1. The molecule has 1 rings (SSSR count). The Balaban J connectivity index is 2.91. The summed E-state index contributed by atoms with van der Waals surface area (Å²) in [4.78, 5) is 20.4. The number of nitro groups is 1. The van der Waals surface area contributed by atoms with Gasteiger partial charge in [0.1, 0.15) is 6.04 Å². The molecule has 0 saturated heterocycles. The highest BCUT2D eigenvalue weighted by molar-refractivity contribution is 6.31. The van der Waals surface area contributed by atoms with Gasteiger partial charge in [0.25, 0.3) is 5.69 Å². The highest BCUT2D eigenvalue weighted by Gasteiger charge is 2.16. The minimum Gasteiger partial charge on any atom is -0.480 e. The molecule has 1 unspecified atom stereocenters. The van der Waals surface area contributed by atoms with E-state index < -0.39 is 16.9 Å². The predicted molar refractivity (Wildman–Crippen MR) is 57.4 cm³/mol. The van der Waals surface area contributed by atoms with E-state index in [1.54, 1.807) is 0 Å². The van der Waals surface area contributed by atoms with Crippen molar-refractivity contribution in [2.75, 3.05) is 0 Å². The first-order valence-corrected chi connectivity index (χ1v) is 4.71. The molecule has 0 fully saturated rings. The quantitative estimate of drug-likeness (QED) is 0.611. The Morgan fingerprint density at radius 2 is 2.25 bits per heavy atom. The van der Waals surface area contributed by atoms with Gasteiger partial charge in [-0.2, -0.15) is 0 Å². The van der Waals surface area contributed by atoms with E-state index in [9.17, 15) is 14.9 Å². The lowest BCUT2D eigenvalue weighted by molar-refractivity contribution is -0.384. The molecule has 0 aliphatic rings. The summed E-state index contributed by atoms with van der Waals surface area (Å²) in [5.41, 5.74) is 5.66. The van der Waals surface area contributed by atoms with Gasteiger partial charge in [0, 0.05) is 12.1 Å². The molecule has 1 atom stereocenters. The standard InChI is InChI=1S/C9H9ClN2O4/c10-7-4-6(12(15)16)2-1-5(7)3-8(11)9(13)14/h1-2,4,8H,3,11H2,(H,13,14). The minimum atomic E-state index is -1.14. The van der Waals surface area contributed by atoms with Gasteiger partial charge < -0.3 is 10.8 Å². The zero-order valence-electron chi connectivity index (χ0n) is 8.09. The van der Waals surface area contributed by atoms with E-state index in [0.29, 0.717) is 5.56 Å². The molecule has 0 saturated carbocycles. The number of rotatable bonds is 4. The molecule has 1 aromatic carbocycles. The van der Waals surface area contributed by atoms with Crippen LogP contribution in [0, 0.1) is 10.1 Å². The summed E-state index contributed by atoms with van der Waals surface area (Å²) < 4.78 is 0. The number of nitrogens with two attached hydrogens (primary N) is 1. The number of nitrogens with zero attached hydrogens (tertiary/aromatic N) is 1. The Morgan fingerprint density at radius 1 is 1.62 bits per heavy atom. The van der Waals surface area contributed by atoms with Crippen LogP contribution in [0.2, 0.25) is 5.02 Å². The fourth-order valence-corrected chi connectivity index (χ4v) is 1.39. The van der Waals surface area contributed by atoms with Crippen molar-refractivity contribution < 1.29 is 14.8 Å². The van der Waals surface area contributed by atoms with Crippen molar-refractivity contribution in [2.24, 2.45) is 5.73 Å². The van der Waals surface area contributed by atoms with Crippen molar-refractivity contribution in [2.45, 2.75) is 12.5 Å². The number of carboxylic acid groups (broad SMARTS) is 1. The first kappa shape index (κ1) is 12.4. The summed E-state index contributed by atoms with van der Waals surface area (Å²) in [6, 6.07) is 2.77. The normalized spacial score (nSPS) is 12.1. The van der Waals surface area contributed by atoms with E-state index in [-0.39, 0.29) is 17.1 Å². The summed E-state index contributed by atoms with van der Waals surface area (Å²) in [5, 5.41) is 19.2. The average molecular weight is 245 g/mol. The number of hydrogen-bond donors (Lipinski definition) is 2. The van der Waals surface area contributed by atoms with Gasteiger partial charge in [-0.3, -0.25) is 14.9 Å².